The monoisotopic (exact) mass is 330 g/mol. The van der Waals surface area contributed by atoms with Crippen molar-refractivity contribution < 1.29 is 18.7 Å². The molecule has 0 aromatic heterocycles. The summed E-state index contributed by atoms with van der Waals surface area (Å²) in [5, 5.41) is 4.01. The van der Waals surface area contributed by atoms with Crippen molar-refractivity contribution in [3.05, 3.63) is 59.9 Å². The van der Waals surface area contributed by atoms with Crippen molar-refractivity contribution in [1.82, 2.24) is 5.43 Å². The number of carbonyl (C=O) groups is 1. The molecule has 0 radical (unpaired) electrons. The van der Waals surface area contributed by atoms with E-state index in [-0.39, 0.29) is 12.4 Å². The van der Waals surface area contributed by atoms with Crippen LogP contribution in [0.4, 0.5) is 4.39 Å². The van der Waals surface area contributed by atoms with Gasteiger partial charge in [-0.25, -0.2) is 9.82 Å². The summed E-state index contributed by atoms with van der Waals surface area (Å²) in [4.78, 5) is 11.7. The summed E-state index contributed by atoms with van der Waals surface area (Å²) in [5.74, 6) is -0.143. The second kappa shape index (κ2) is 8.67. The number of hydrazone groups is 1. The van der Waals surface area contributed by atoms with E-state index in [2.05, 4.69) is 10.5 Å². The summed E-state index contributed by atoms with van der Waals surface area (Å²) < 4.78 is 23.6. The molecule has 126 valence electrons. The normalized spacial score (nSPS) is 11.0. The summed E-state index contributed by atoms with van der Waals surface area (Å²) in [6.45, 7) is 1.50. The van der Waals surface area contributed by atoms with Crippen molar-refractivity contribution >= 4 is 11.6 Å². The fourth-order valence-corrected chi connectivity index (χ4v) is 1.97. The lowest BCUT2D eigenvalue weighted by Crippen LogP contribution is -2.26. The van der Waals surface area contributed by atoms with E-state index in [4.69, 9.17) is 9.47 Å². The summed E-state index contributed by atoms with van der Waals surface area (Å²) in [7, 11) is 1.61. The number of benzene rings is 2. The van der Waals surface area contributed by atoms with Crippen LogP contribution < -0.4 is 14.9 Å². The molecule has 2 aromatic carbocycles. The van der Waals surface area contributed by atoms with Gasteiger partial charge in [-0.1, -0.05) is 24.3 Å². The lowest BCUT2D eigenvalue weighted by Gasteiger charge is -2.07. The molecule has 0 fully saturated rings. The van der Waals surface area contributed by atoms with Crippen LogP contribution in [0.25, 0.3) is 0 Å². The van der Waals surface area contributed by atoms with Crippen LogP contribution in [0.3, 0.4) is 0 Å². The summed E-state index contributed by atoms with van der Waals surface area (Å²) >= 11 is 0. The van der Waals surface area contributed by atoms with E-state index >= 15 is 0 Å². The first-order chi connectivity index (χ1) is 11.6. The maximum absolute atomic E-state index is 13.4. The Labute approximate surface area is 140 Å². The topological polar surface area (TPSA) is 59.9 Å². The van der Waals surface area contributed by atoms with E-state index < -0.39 is 11.7 Å². The van der Waals surface area contributed by atoms with Crippen molar-refractivity contribution in [2.75, 3.05) is 13.7 Å². The molecule has 0 unspecified atom stereocenters. The Morgan fingerprint density at radius 2 is 1.88 bits per heavy atom. The molecule has 1 amide bonds. The highest BCUT2D eigenvalue weighted by Crippen LogP contribution is 2.15. The molecular weight excluding hydrogens is 311 g/mol. The van der Waals surface area contributed by atoms with Gasteiger partial charge in [0.15, 0.2) is 18.2 Å². The van der Waals surface area contributed by atoms with Gasteiger partial charge in [-0.2, -0.15) is 5.10 Å². The van der Waals surface area contributed by atoms with Gasteiger partial charge < -0.3 is 9.47 Å². The first kappa shape index (κ1) is 17.5. The van der Waals surface area contributed by atoms with E-state index in [1.54, 1.807) is 19.2 Å². The predicted octanol–water partition coefficient (Wildman–Crippen LogP) is 2.95. The Balaban J connectivity index is 1.80. The number of halogens is 1. The highest BCUT2D eigenvalue weighted by Gasteiger charge is 2.06. The van der Waals surface area contributed by atoms with Gasteiger partial charge in [0.25, 0.3) is 5.91 Å². The third-order valence-corrected chi connectivity index (χ3v) is 3.19. The second-order valence-corrected chi connectivity index (χ2v) is 5.13. The number of hydrogen-bond acceptors (Lipinski definition) is 4. The van der Waals surface area contributed by atoms with E-state index in [0.717, 1.165) is 17.0 Å². The van der Waals surface area contributed by atoms with E-state index in [0.29, 0.717) is 6.42 Å². The third kappa shape index (κ3) is 5.39. The van der Waals surface area contributed by atoms with Gasteiger partial charge in [0.1, 0.15) is 5.75 Å². The molecule has 0 spiro atoms. The number of carbonyl (C=O) groups excluding carboxylic acids is 1. The molecule has 1 N–H and O–H groups in total. The Morgan fingerprint density at radius 3 is 2.54 bits per heavy atom. The molecule has 6 heteroatoms. The van der Waals surface area contributed by atoms with Gasteiger partial charge in [-0.15, -0.1) is 0 Å². The number of nitrogens with zero attached hydrogens (tertiary/aromatic N) is 1. The van der Waals surface area contributed by atoms with Gasteiger partial charge in [0, 0.05) is 12.1 Å². The number of methoxy groups -OCH3 is 1. The molecule has 0 heterocycles. The van der Waals surface area contributed by atoms with Crippen molar-refractivity contribution in [3.63, 3.8) is 0 Å². The van der Waals surface area contributed by atoms with Crippen molar-refractivity contribution in [1.29, 1.82) is 0 Å². The van der Waals surface area contributed by atoms with E-state index in [9.17, 15) is 9.18 Å². The van der Waals surface area contributed by atoms with Crippen LogP contribution in [-0.2, 0) is 11.2 Å². The van der Waals surface area contributed by atoms with Crippen LogP contribution >= 0.6 is 0 Å². The molecule has 24 heavy (non-hydrogen) atoms. The first-order valence-electron chi connectivity index (χ1n) is 7.40. The summed E-state index contributed by atoms with van der Waals surface area (Å²) in [6, 6.07) is 13.5. The van der Waals surface area contributed by atoms with Crippen molar-refractivity contribution in [2.24, 2.45) is 5.10 Å². The van der Waals surface area contributed by atoms with Crippen molar-refractivity contribution in [2.45, 2.75) is 13.3 Å². The highest BCUT2D eigenvalue weighted by atomic mass is 19.1. The number of rotatable bonds is 7. The minimum Gasteiger partial charge on any atom is -0.497 e. The van der Waals surface area contributed by atoms with Crippen LogP contribution in [0.2, 0.25) is 0 Å². The minimum atomic E-state index is -0.510. The van der Waals surface area contributed by atoms with E-state index in [1.165, 1.54) is 12.1 Å². The van der Waals surface area contributed by atoms with Gasteiger partial charge in [0.2, 0.25) is 0 Å². The molecule has 5 nitrogen and oxygen atoms in total. The number of para-hydroxylation sites is 1. The van der Waals surface area contributed by atoms with Crippen LogP contribution in [0.1, 0.15) is 12.5 Å². The maximum atomic E-state index is 13.4. The Kier molecular flexibility index (Phi) is 6.31. The molecule has 0 saturated heterocycles. The molecule has 0 aliphatic rings. The van der Waals surface area contributed by atoms with Crippen LogP contribution in [0, 0.1) is 5.82 Å². The summed E-state index contributed by atoms with van der Waals surface area (Å²) in [6.07, 6.45) is 0.596. The molecule has 0 aliphatic heterocycles. The Hall–Kier alpha value is -2.89. The highest BCUT2D eigenvalue weighted by molar-refractivity contribution is 5.86. The zero-order chi connectivity index (χ0) is 17.4. The smallest absolute Gasteiger partial charge is 0.277 e. The first-order valence-corrected chi connectivity index (χ1v) is 7.40. The lowest BCUT2D eigenvalue weighted by atomic mass is 10.1. The number of amides is 1. The predicted molar refractivity (Wildman–Crippen MR) is 89.8 cm³/mol. The maximum Gasteiger partial charge on any atom is 0.277 e. The van der Waals surface area contributed by atoms with Gasteiger partial charge in [0.05, 0.1) is 7.11 Å². The standard InChI is InChI=1S/C18H19FN2O3/c1-13(11-14-7-9-15(23-2)10-8-14)20-21-18(22)12-24-17-6-4-3-5-16(17)19/h3-10H,11-12H2,1-2H3,(H,21,22)/b20-13-. The molecule has 2 rings (SSSR count). The average molecular weight is 330 g/mol. The number of hydrogen-bond donors (Lipinski definition) is 1. The SMILES string of the molecule is COc1ccc(C/C(C)=N\NC(=O)COc2ccccc2F)cc1. The van der Waals surface area contributed by atoms with Gasteiger partial charge >= 0.3 is 0 Å². The quantitative estimate of drug-likeness (QED) is 0.627. The van der Waals surface area contributed by atoms with Crippen LogP contribution in [0.15, 0.2) is 53.6 Å². The average Bonchev–Trinajstić information content (AvgIpc) is 2.60. The third-order valence-electron chi connectivity index (χ3n) is 3.19. The molecule has 0 atom stereocenters. The van der Waals surface area contributed by atoms with Crippen molar-refractivity contribution in [3.8, 4) is 11.5 Å². The molecule has 0 saturated carbocycles. The largest absolute Gasteiger partial charge is 0.497 e. The van der Waals surface area contributed by atoms with Gasteiger partial charge in [-0.05, 0) is 36.8 Å². The van der Waals surface area contributed by atoms with Crippen LogP contribution in [-0.4, -0.2) is 25.3 Å². The molecule has 2 aromatic rings. The molecule has 0 bridgehead atoms. The number of ether oxygens (including phenoxy) is 2. The zero-order valence-corrected chi connectivity index (χ0v) is 13.6. The fraction of sp³-hybridized carbons (Fsp3) is 0.222. The Morgan fingerprint density at radius 1 is 1.17 bits per heavy atom. The Bertz CT molecular complexity index is 714. The van der Waals surface area contributed by atoms with Gasteiger partial charge in [-0.3, -0.25) is 4.79 Å². The second-order valence-electron chi connectivity index (χ2n) is 5.13. The minimum absolute atomic E-state index is 0.0339. The summed E-state index contributed by atoms with van der Waals surface area (Å²) in [5.41, 5.74) is 4.18. The fourth-order valence-electron chi connectivity index (χ4n) is 1.97. The van der Waals surface area contributed by atoms with Crippen LogP contribution in [0.5, 0.6) is 11.5 Å². The van der Waals surface area contributed by atoms with E-state index in [1.807, 2.05) is 31.2 Å². The number of nitrogens with one attached hydrogen (secondary N) is 1. The molecule has 0 aliphatic carbocycles. The molecular formula is C18H19FN2O3. The lowest BCUT2D eigenvalue weighted by molar-refractivity contribution is -0.123. The zero-order valence-electron chi connectivity index (χ0n) is 13.6.